The molecular formula is C19H22Br2N3O-. The van der Waals surface area contributed by atoms with Gasteiger partial charge in [0.25, 0.3) is 0 Å². The third-order valence-electron chi connectivity index (χ3n) is 4.11. The van der Waals surface area contributed by atoms with Crippen LogP contribution >= 0.6 is 15.9 Å². The smallest absolute Gasteiger partial charge is 0.203 e. The summed E-state index contributed by atoms with van der Waals surface area (Å²) in [5.74, 6) is 0.847. The number of aromatic nitrogens is 2. The van der Waals surface area contributed by atoms with Gasteiger partial charge in [-0.05, 0) is 42.8 Å². The van der Waals surface area contributed by atoms with Crippen LogP contribution in [0.2, 0.25) is 0 Å². The Hall–Kier alpha value is -1.53. The summed E-state index contributed by atoms with van der Waals surface area (Å²) >= 11 is 3.42. The van der Waals surface area contributed by atoms with Gasteiger partial charge in [0.15, 0.2) is 0 Å². The first kappa shape index (κ1) is 19.8. The highest BCUT2D eigenvalue weighted by Gasteiger charge is 2.10. The van der Waals surface area contributed by atoms with Gasteiger partial charge >= 0.3 is 0 Å². The second kappa shape index (κ2) is 9.25. The van der Waals surface area contributed by atoms with E-state index < -0.39 is 0 Å². The minimum absolute atomic E-state index is 0. The normalized spacial score (nSPS) is 10.6. The number of nitrogens with one attached hydrogen (secondary N) is 1. The van der Waals surface area contributed by atoms with Gasteiger partial charge in [0, 0.05) is 11.0 Å². The first-order valence-corrected chi connectivity index (χ1v) is 9.11. The van der Waals surface area contributed by atoms with Gasteiger partial charge in [0.1, 0.15) is 12.4 Å². The Kier molecular flexibility index (Phi) is 7.32. The quantitative estimate of drug-likeness (QED) is 0.563. The fraction of sp³-hybridized carbons (Fsp3) is 0.316. The molecule has 3 rings (SSSR count). The van der Waals surface area contributed by atoms with Gasteiger partial charge in [-0.15, -0.1) is 0 Å². The van der Waals surface area contributed by atoms with E-state index in [1.54, 1.807) is 0 Å². The Morgan fingerprint density at radius 2 is 1.56 bits per heavy atom. The molecule has 0 atom stereocenters. The molecule has 0 aliphatic carbocycles. The van der Waals surface area contributed by atoms with E-state index in [2.05, 4.69) is 39.6 Å². The molecule has 0 bridgehead atoms. The molecule has 0 amide bonds. The van der Waals surface area contributed by atoms with Gasteiger partial charge in [-0.25, -0.2) is 0 Å². The molecule has 0 saturated heterocycles. The molecule has 3 aromatic rings. The van der Waals surface area contributed by atoms with Crippen molar-refractivity contribution in [2.24, 2.45) is 0 Å². The summed E-state index contributed by atoms with van der Waals surface area (Å²) in [6, 6.07) is 16.1. The van der Waals surface area contributed by atoms with Crippen molar-refractivity contribution >= 4 is 27.0 Å². The summed E-state index contributed by atoms with van der Waals surface area (Å²) in [5, 5.41) is 8.53. The number of benzene rings is 2. The fourth-order valence-electron chi connectivity index (χ4n) is 2.85. The molecule has 0 aliphatic heterocycles. The third kappa shape index (κ3) is 4.55. The molecule has 0 fully saturated rings. The second-order valence-electron chi connectivity index (χ2n) is 5.77. The standard InChI is InChI=1S/C19H22BrN3O.BrH/c1-2-3-12-22-17-6-4-5-7-18(17)23(19(22)21)13-14-24-16-10-8-15(20)9-11-16;/h4-11,21H,2-3,12-14H2,1H3;1H/p-1. The Bertz CT molecular complexity index is 869. The first-order valence-electron chi connectivity index (χ1n) is 8.31. The molecule has 0 saturated carbocycles. The summed E-state index contributed by atoms with van der Waals surface area (Å²) < 4.78 is 11.0. The maximum Gasteiger partial charge on any atom is 0.203 e. The van der Waals surface area contributed by atoms with Crippen LogP contribution in [0.5, 0.6) is 5.75 Å². The van der Waals surface area contributed by atoms with Crippen molar-refractivity contribution in [2.75, 3.05) is 6.61 Å². The number of halogens is 2. The first-order chi connectivity index (χ1) is 11.7. The Morgan fingerprint density at radius 3 is 2.16 bits per heavy atom. The van der Waals surface area contributed by atoms with Crippen molar-refractivity contribution in [3.05, 3.63) is 58.6 Å². The molecule has 134 valence electrons. The second-order valence-corrected chi connectivity index (χ2v) is 6.69. The van der Waals surface area contributed by atoms with Gasteiger partial charge in [-0.1, -0.05) is 41.4 Å². The van der Waals surface area contributed by atoms with E-state index in [0.29, 0.717) is 18.8 Å². The molecule has 2 aromatic carbocycles. The SMILES string of the molecule is CCCCn1c(=N)n(CCOc2ccc(Br)cc2)c2ccccc21.[Br-]. The predicted octanol–water partition coefficient (Wildman–Crippen LogP) is 1.57. The number of nitrogens with zero attached hydrogens (tertiary/aromatic N) is 2. The highest BCUT2D eigenvalue weighted by atomic mass is 79.9. The molecular weight excluding hydrogens is 446 g/mol. The van der Waals surface area contributed by atoms with E-state index in [0.717, 1.165) is 40.6 Å². The number of unbranched alkanes of at least 4 members (excludes halogenated alkanes) is 1. The molecule has 1 N–H and O–H groups in total. The number of fused-ring (bicyclic) bond motifs is 1. The van der Waals surface area contributed by atoms with E-state index in [4.69, 9.17) is 10.1 Å². The number of aryl methyl sites for hydroxylation is 1. The van der Waals surface area contributed by atoms with Gasteiger partial charge < -0.3 is 30.9 Å². The number of hydrogen-bond donors (Lipinski definition) is 1. The summed E-state index contributed by atoms with van der Waals surface area (Å²) in [6.07, 6.45) is 2.21. The van der Waals surface area contributed by atoms with Crippen LogP contribution in [0.15, 0.2) is 53.0 Å². The minimum Gasteiger partial charge on any atom is -1.00 e. The Morgan fingerprint density at radius 1 is 0.960 bits per heavy atom. The van der Waals surface area contributed by atoms with Crippen LogP contribution in [0.3, 0.4) is 0 Å². The van der Waals surface area contributed by atoms with Crippen molar-refractivity contribution in [1.82, 2.24) is 9.13 Å². The fourth-order valence-corrected chi connectivity index (χ4v) is 3.11. The predicted molar refractivity (Wildman–Crippen MR) is 100 cm³/mol. The summed E-state index contributed by atoms with van der Waals surface area (Å²) in [4.78, 5) is 0. The van der Waals surface area contributed by atoms with Crippen LogP contribution in [-0.4, -0.2) is 15.7 Å². The van der Waals surface area contributed by atoms with Gasteiger partial charge in [-0.2, -0.15) is 0 Å². The molecule has 0 spiro atoms. The van der Waals surface area contributed by atoms with Gasteiger partial charge in [0.05, 0.1) is 17.6 Å². The average molecular weight is 468 g/mol. The van der Waals surface area contributed by atoms with Crippen molar-refractivity contribution in [3.63, 3.8) is 0 Å². The zero-order valence-electron chi connectivity index (χ0n) is 14.2. The van der Waals surface area contributed by atoms with Crippen LogP contribution in [0.25, 0.3) is 11.0 Å². The molecule has 4 nitrogen and oxygen atoms in total. The number of ether oxygens (including phenoxy) is 1. The lowest BCUT2D eigenvalue weighted by molar-refractivity contribution is -0.00000552. The van der Waals surface area contributed by atoms with Gasteiger partial charge in [-0.3, -0.25) is 5.41 Å². The summed E-state index contributed by atoms with van der Waals surface area (Å²) in [5.41, 5.74) is 2.77. The zero-order chi connectivity index (χ0) is 16.9. The highest BCUT2D eigenvalue weighted by molar-refractivity contribution is 9.10. The average Bonchev–Trinajstić information content (AvgIpc) is 2.87. The number of rotatable bonds is 7. The monoisotopic (exact) mass is 466 g/mol. The van der Waals surface area contributed by atoms with Crippen LogP contribution in [0, 0.1) is 5.41 Å². The van der Waals surface area contributed by atoms with Crippen LogP contribution in [-0.2, 0) is 13.1 Å². The lowest BCUT2D eigenvalue weighted by Gasteiger charge is -2.08. The number of hydrogen-bond acceptors (Lipinski definition) is 2. The lowest BCUT2D eigenvalue weighted by atomic mass is 10.3. The topological polar surface area (TPSA) is 42.9 Å². The maximum absolute atomic E-state index is 8.53. The van der Waals surface area contributed by atoms with E-state index >= 15 is 0 Å². The zero-order valence-corrected chi connectivity index (χ0v) is 17.4. The molecule has 25 heavy (non-hydrogen) atoms. The minimum atomic E-state index is 0. The largest absolute Gasteiger partial charge is 1.00 e. The summed E-state index contributed by atoms with van der Waals surface area (Å²) in [6.45, 7) is 4.26. The molecule has 0 aliphatic rings. The van der Waals surface area contributed by atoms with Crippen molar-refractivity contribution < 1.29 is 21.7 Å². The summed E-state index contributed by atoms with van der Waals surface area (Å²) in [7, 11) is 0. The molecule has 1 aromatic heterocycles. The van der Waals surface area contributed by atoms with Crippen molar-refractivity contribution in [3.8, 4) is 5.75 Å². The Labute approximate surface area is 166 Å². The molecule has 6 heteroatoms. The molecule has 1 heterocycles. The number of imidazole rings is 1. The Balaban J connectivity index is 0.00000225. The van der Waals surface area contributed by atoms with Crippen LogP contribution in [0.4, 0.5) is 0 Å². The van der Waals surface area contributed by atoms with Crippen molar-refractivity contribution in [1.29, 1.82) is 5.41 Å². The van der Waals surface area contributed by atoms with E-state index in [1.165, 1.54) is 0 Å². The molecule has 0 radical (unpaired) electrons. The maximum atomic E-state index is 8.53. The van der Waals surface area contributed by atoms with Crippen LogP contribution in [0.1, 0.15) is 19.8 Å². The van der Waals surface area contributed by atoms with Crippen LogP contribution < -0.4 is 27.3 Å². The van der Waals surface area contributed by atoms with E-state index in [9.17, 15) is 0 Å². The van der Waals surface area contributed by atoms with Crippen molar-refractivity contribution in [2.45, 2.75) is 32.9 Å². The highest BCUT2D eigenvalue weighted by Crippen LogP contribution is 2.17. The van der Waals surface area contributed by atoms with Gasteiger partial charge in [0.2, 0.25) is 5.62 Å². The number of para-hydroxylation sites is 2. The van der Waals surface area contributed by atoms with E-state index in [-0.39, 0.29) is 17.0 Å². The molecule has 0 unspecified atom stereocenters. The lowest BCUT2D eigenvalue weighted by Crippen LogP contribution is -3.00. The van der Waals surface area contributed by atoms with E-state index in [1.807, 2.05) is 41.0 Å². The third-order valence-corrected chi connectivity index (χ3v) is 4.64.